The second kappa shape index (κ2) is 21.3. The molecule has 4 N–H and O–H groups in total. The summed E-state index contributed by atoms with van der Waals surface area (Å²) >= 11 is 0. The summed E-state index contributed by atoms with van der Waals surface area (Å²) in [6, 6.07) is 56.9. The average Bonchev–Trinajstić information content (AvgIpc) is 4.11. The number of benzene rings is 6. The molecule has 4 amide bonds. The van der Waals surface area contributed by atoms with E-state index in [0.29, 0.717) is 23.0 Å². The Balaban J connectivity index is 0.000000156. The maximum Gasteiger partial charge on any atom is 0.251 e. The van der Waals surface area contributed by atoms with Crippen molar-refractivity contribution in [3.8, 4) is 0 Å². The molecule has 12 rings (SSSR count). The van der Waals surface area contributed by atoms with E-state index in [9.17, 15) is 19.2 Å². The molecular formula is C62H66N6O4. The first kappa shape index (κ1) is 47.1. The second-order valence-corrected chi connectivity index (χ2v) is 20.8. The van der Waals surface area contributed by atoms with Crippen molar-refractivity contribution in [3.63, 3.8) is 0 Å². The summed E-state index contributed by atoms with van der Waals surface area (Å²) in [6.07, 6.45) is 9.42. The molecule has 2 unspecified atom stereocenters. The van der Waals surface area contributed by atoms with Gasteiger partial charge in [0.25, 0.3) is 11.8 Å². The molecule has 2 aliphatic carbocycles. The zero-order valence-corrected chi connectivity index (χ0v) is 41.0. The minimum absolute atomic E-state index is 0.0487. The normalized spacial score (nSPS) is 26.9. The lowest BCUT2D eigenvalue weighted by molar-refractivity contribution is -0.139. The molecule has 72 heavy (non-hydrogen) atoms. The van der Waals surface area contributed by atoms with Crippen LogP contribution in [0, 0.1) is 23.7 Å². The molecule has 10 nitrogen and oxygen atoms in total. The Morgan fingerprint density at radius 2 is 0.750 bits per heavy atom. The van der Waals surface area contributed by atoms with Gasteiger partial charge in [-0.25, -0.2) is 0 Å². The van der Waals surface area contributed by atoms with Gasteiger partial charge < -0.3 is 31.1 Å². The average molecular weight is 959 g/mol. The van der Waals surface area contributed by atoms with Gasteiger partial charge in [-0.3, -0.25) is 19.2 Å². The van der Waals surface area contributed by atoms with Crippen molar-refractivity contribution in [2.24, 2.45) is 23.7 Å². The van der Waals surface area contributed by atoms with Crippen molar-refractivity contribution in [1.29, 1.82) is 0 Å². The molecule has 2 saturated heterocycles. The van der Waals surface area contributed by atoms with Gasteiger partial charge >= 0.3 is 0 Å². The summed E-state index contributed by atoms with van der Waals surface area (Å²) in [6.45, 7) is 1.51. The van der Waals surface area contributed by atoms with Crippen LogP contribution in [0.4, 0.5) is 11.4 Å². The fraction of sp³-hybridized carbons (Fsp3) is 0.355. The Hall–Kier alpha value is -7.20. The quantitative estimate of drug-likeness (QED) is 0.121. The first-order valence-electron chi connectivity index (χ1n) is 26.5. The summed E-state index contributed by atoms with van der Waals surface area (Å²) in [5.41, 5.74) is 8.48. The molecule has 6 aromatic carbocycles. The van der Waals surface area contributed by atoms with Gasteiger partial charge in [-0.15, -0.1) is 0 Å². The van der Waals surface area contributed by atoms with Crippen LogP contribution in [0.1, 0.15) is 131 Å². The van der Waals surface area contributed by atoms with Crippen molar-refractivity contribution in [1.82, 2.24) is 20.4 Å². The zero-order valence-electron chi connectivity index (χ0n) is 41.0. The predicted octanol–water partition coefficient (Wildman–Crippen LogP) is 11.5. The van der Waals surface area contributed by atoms with E-state index >= 15 is 0 Å². The van der Waals surface area contributed by atoms with Crippen molar-refractivity contribution in [3.05, 3.63) is 203 Å². The van der Waals surface area contributed by atoms with Gasteiger partial charge in [0.15, 0.2) is 0 Å². The SMILES string of the molecule is O=C(N[C@@H]1CCCCC1C(=O)N1CC[C@@H]2[C@H](c3ccccc3)Nc3ccccc3[C@@H]21)c1ccccc1.O=C(N[C@@H]1CCCCC1C(=O)N1CC[C@H]2[C@@H](c3ccccc3)Nc3ccccc3[C@H]21)c1ccccc1. The molecule has 368 valence electrons. The molecule has 6 aliphatic rings. The van der Waals surface area contributed by atoms with Gasteiger partial charge in [0.05, 0.1) is 36.0 Å². The lowest BCUT2D eigenvalue weighted by Gasteiger charge is -2.42. The third-order valence-corrected chi connectivity index (χ3v) is 16.7. The molecule has 4 fully saturated rings. The third kappa shape index (κ3) is 9.51. The van der Waals surface area contributed by atoms with Crippen LogP contribution >= 0.6 is 0 Å². The van der Waals surface area contributed by atoms with Crippen molar-refractivity contribution in [2.45, 2.75) is 100 Å². The molecule has 10 heteroatoms. The number of likely N-dealkylation sites (tertiary alicyclic amines) is 2. The highest BCUT2D eigenvalue weighted by Gasteiger charge is 2.50. The number of nitrogens with zero attached hydrogens (tertiary/aromatic N) is 2. The number of rotatable bonds is 8. The Morgan fingerprint density at radius 1 is 0.403 bits per heavy atom. The summed E-state index contributed by atoms with van der Waals surface area (Å²) in [5, 5.41) is 14.0. The standard InChI is InChI=1S/2C31H33N3O2/c2*35-30(22-13-5-2-6-14-22)33-27-18-10-8-16-24(27)31(36)34-20-19-25-28(21-11-3-1-4-12-21)32-26-17-9-7-15-23(26)29(25)34/h2*1-7,9,11-15,17,24-25,27-29,32H,8,10,16,18-20H2,(H,33,35)/t24?,25-,27+,28+,29+;24?,25-,27-,28+,29+/m01/s1. The first-order chi connectivity index (χ1) is 35.4. The number of carbonyl (C=O) groups excluding carboxylic acids is 4. The lowest BCUT2D eigenvalue weighted by atomic mass is 9.79. The number of carbonyl (C=O) groups is 4. The van der Waals surface area contributed by atoms with E-state index in [1.165, 1.54) is 22.3 Å². The topological polar surface area (TPSA) is 123 Å². The van der Waals surface area contributed by atoms with E-state index < -0.39 is 0 Å². The molecule has 0 bridgehead atoms. The minimum atomic E-state index is -0.178. The molecule has 4 heterocycles. The largest absolute Gasteiger partial charge is 0.378 e. The number of hydrogen-bond acceptors (Lipinski definition) is 6. The smallest absolute Gasteiger partial charge is 0.251 e. The van der Waals surface area contributed by atoms with Crippen LogP contribution in [-0.2, 0) is 9.59 Å². The molecule has 0 aromatic heterocycles. The highest BCUT2D eigenvalue weighted by Crippen LogP contribution is 2.53. The summed E-state index contributed by atoms with van der Waals surface area (Å²) in [4.78, 5) is 58.6. The van der Waals surface area contributed by atoms with E-state index in [0.717, 1.165) is 88.7 Å². The fourth-order valence-electron chi connectivity index (χ4n) is 13.2. The lowest BCUT2D eigenvalue weighted by Crippen LogP contribution is -2.50. The van der Waals surface area contributed by atoms with Crippen molar-refractivity contribution in [2.75, 3.05) is 23.7 Å². The molecular weight excluding hydrogens is 893 g/mol. The molecule has 2 saturated carbocycles. The van der Waals surface area contributed by atoms with Crippen LogP contribution in [0.3, 0.4) is 0 Å². The number of nitrogens with one attached hydrogen (secondary N) is 4. The van der Waals surface area contributed by atoms with Gasteiger partial charge in [0.2, 0.25) is 11.8 Å². The van der Waals surface area contributed by atoms with E-state index in [1.807, 2.05) is 60.7 Å². The van der Waals surface area contributed by atoms with Crippen LogP contribution in [0.15, 0.2) is 170 Å². The number of fused-ring (bicyclic) bond motifs is 6. The van der Waals surface area contributed by atoms with Gasteiger partial charge in [0.1, 0.15) is 0 Å². The number of amides is 4. The Bertz CT molecular complexity index is 2650. The maximum absolute atomic E-state index is 14.2. The Kier molecular flexibility index (Phi) is 13.9. The zero-order chi connectivity index (χ0) is 49.0. The van der Waals surface area contributed by atoms with Crippen LogP contribution in [0.2, 0.25) is 0 Å². The van der Waals surface area contributed by atoms with Crippen LogP contribution < -0.4 is 21.3 Å². The Morgan fingerprint density at radius 3 is 1.15 bits per heavy atom. The number of anilines is 2. The van der Waals surface area contributed by atoms with Crippen molar-refractivity contribution >= 4 is 35.0 Å². The maximum atomic E-state index is 14.2. The van der Waals surface area contributed by atoms with Gasteiger partial charge in [-0.2, -0.15) is 0 Å². The fourth-order valence-corrected chi connectivity index (χ4v) is 13.2. The van der Waals surface area contributed by atoms with E-state index in [1.54, 1.807) is 0 Å². The van der Waals surface area contributed by atoms with Gasteiger partial charge in [-0.1, -0.05) is 159 Å². The number of hydrogen-bond donors (Lipinski definition) is 4. The van der Waals surface area contributed by atoms with Crippen LogP contribution in [0.25, 0.3) is 0 Å². The van der Waals surface area contributed by atoms with E-state index in [4.69, 9.17) is 0 Å². The summed E-state index contributed by atoms with van der Waals surface area (Å²) in [5.74, 6) is 0.490. The molecule has 0 radical (unpaired) electrons. The van der Waals surface area contributed by atoms with E-state index in [2.05, 4.69) is 140 Å². The molecule has 4 aliphatic heterocycles. The molecule has 6 aromatic rings. The summed E-state index contributed by atoms with van der Waals surface area (Å²) < 4.78 is 0. The number of para-hydroxylation sites is 2. The monoisotopic (exact) mass is 959 g/mol. The highest BCUT2D eigenvalue weighted by molar-refractivity contribution is 5.95. The predicted molar refractivity (Wildman–Crippen MR) is 283 cm³/mol. The highest BCUT2D eigenvalue weighted by atomic mass is 16.2. The molecule has 10 atom stereocenters. The Labute approximate surface area is 424 Å². The van der Waals surface area contributed by atoms with Gasteiger partial charge in [-0.05, 0) is 97.2 Å². The third-order valence-electron chi connectivity index (χ3n) is 16.7. The van der Waals surface area contributed by atoms with Crippen LogP contribution in [0.5, 0.6) is 0 Å². The molecule has 0 spiro atoms. The first-order valence-corrected chi connectivity index (χ1v) is 26.5. The van der Waals surface area contributed by atoms with Crippen LogP contribution in [-0.4, -0.2) is 58.6 Å². The van der Waals surface area contributed by atoms with Gasteiger partial charge in [0, 0.05) is 59.5 Å². The minimum Gasteiger partial charge on any atom is -0.378 e. The van der Waals surface area contributed by atoms with E-state index in [-0.39, 0.29) is 71.7 Å². The second-order valence-electron chi connectivity index (χ2n) is 20.8. The van der Waals surface area contributed by atoms with Crippen molar-refractivity contribution < 1.29 is 19.2 Å². The summed E-state index contributed by atoms with van der Waals surface area (Å²) in [7, 11) is 0.